The Balaban J connectivity index is 2.80. The quantitative estimate of drug-likeness (QED) is 0.593. The van der Waals surface area contributed by atoms with Gasteiger partial charge in [-0.25, -0.2) is 0 Å². The minimum atomic E-state index is -0.0618. The van der Waals surface area contributed by atoms with E-state index in [0.29, 0.717) is 29.1 Å². The highest BCUT2D eigenvalue weighted by molar-refractivity contribution is 6.31. The van der Waals surface area contributed by atoms with Crippen molar-refractivity contribution >= 4 is 23.1 Å². The average Bonchev–Trinajstić information content (AvgIpc) is 2.14. The van der Waals surface area contributed by atoms with Crippen LogP contribution in [0, 0.1) is 0 Å². The van der Waals surface area contributed by atoms with Crippen LogP contribution in [0.1, 0.15) is 23.2 Å². The number of rotatable bonds is 4. The van der Waals surface area contributed by atoms with E-state index in [4.69, 9.17) is 22.4 Å². The molecule has 0 unspecified atom stereocenters. The summed E-state index contributed by atoms with van der Waals surface area (Å²) >= 11 is 5.69. The number of hydrogen-bond donors (Lipinski definition) is 2. The number of anilines is 1. The molecule has 0 spiro atoms. The standard InChI is InChI=1S/C10H12ClNO2/c11-7-3-4-8(9(12)6-7)10(14)2-1-5-13/h3-4,6,13H,1-2,5,12H2. The Morgan fingerprint density at radius 2 is 2.21 bits per heavy atom. The molecule has 0 aliphatic rings. The molecule has 0 saturated heterocycles. The molecular formula is C10H12ClNO2. The number of nitrogens with two attached hydrogens (primary N) is 1. The monoisotopic (exact) mass is 213 g/mol. The summed E-state index contributed by atoms with van der Waals surface area (Å²) in [6, 6.07) is 4.79. The van der Waals surface area contributed by atoms with Crippen LogP contribution >= 0.6 is 11.6 Å². The molecule has 1 rings (SSSR count). The maximum atomic E-state index is 11.5. The van der Waals surface area contributed by atoms with Crippen LogP contribution in [0.15, 0.2) is 18.2 Å². The number of Topliss-reactive ketones (excluding diaryl/α,β-unsaturated/α-hetero) is 1. The van der Waals surface area contributed by atoms with Gasteiger partial charge in [0.2, 0.25) is 0 Å². The number of benzene rings is 1. The van der Waals surface area contributed by atoms with Gasteiger partial charge in [0.25, 0.3) is 0 Å². The number of carbonyl (C=O) groups excluding carboxylic acids is 1. The van der Waals surface area contributed by atoms with E-state index in [1.54, 1.807) is 18.2 Å². The van der Waals surface area contributed by atoms with Crippen LogP contribution in [0.3, 0.4) is 0 Å². The number of halogens is 1. The summed E-state index contributed by atoms with van der Waals surface area (Å²) in [5.41, 5.74) is 6.49. The van der Waals surface area contributed by atoms with Crippen LogP contribution in [-0.4, -0.2) is 17.5 Å². The molecule has 0 aromatic heterocycles. The molecule has 3 N–H and O–H groups in total. The van der Waals surface area contributed by atoms with Gasteiger partial charge in [0.05, 0.1) is 0 Å². The average molecular weight is 214 g/mol. The molecule has 1 aromatic rings. The van der Waals surface area contributed by atoms with Crippen molar-refractivity contribution in [1.29, 1.82) is 0 Å². The molecule has 0 bridgehead atoms. The van der Waals surface area contributed by atoms with Gasteiger partial charge in [0, 0.05) is 29.3 Å². The molecule has 0 aliphatic heterocycles. The van der Waals surface area contributed by atoms with E-state index in [0.717, 1.165) is 0 Å². The van der Waals surface area contributed by atoms with Gasteiger partial charge in [-0.15, -0.1) is 0 Å². The molecule has 0 atom stereocenters. The Hall–Kier alpha value is -1.06. The molecule has 0 amide bonds. The number of ketones is 1. The summed E-state index contributed by atoms with van der Waals surface area (Å²) in [5, 5.41) is 9.09. The van der Waals surface area contributed by atoms with Gasteiger partial charge in [-0.05, 0) is 24.6 Å². The molecule has 0 fully saturated rings. The van der Waals surface area contributed by atoms with Crippen molar-refractivity contribution in [2.24, 2.45) is 0 Å². The molecule has 3 nitrogen and oxygen atoms in total. The van der Waals surface area contributed by atoms with Crippen LogP contribution in [0.5, 0.6) is 0 Å². The maximum Gasteiger partial charge on any atom is 0.165 e. The van der Waals surface area contributed by atoms with Crippen molar-refractivity contribution in [3.63, 3.8) is 0 Å². The van der Waals surface area contributed by atoms with E-state index in [1.165, 1.54) is 0 Å². The van der Waals surface area contributed by atoms with Crippen LogP contribution in [-0.2, 0) is 0 Å². The predicted molar refractivity (Wildman–Crippen MR) is 56.5 cm³/mol. The summed E-state index contributed by atoms with van der Waals surface area (Å²) in [5.74, 6) is -0.0618. The van der Waals surface area contributed by atoms with Gasteiger partial charge >= 0.3 is 0 Å². The van der Waals surface area contributed by atoms with Crippen molar-refractivity contribution in [2.75, 3.05) is 12.3 Å². The van der Waals surface area contributed by atoms with Crippen LogP contribution in [0.4, 0.5) is 5.69 Å². The summed E-state index contributed by atoms with van der Waals surface area (Å²) in [4.78, 5) is 11.5. The number of carbonyl (C=O) groups is 1. The zero-order valence-corrected chi connectivity index (χ0v) is 8.42. The Morgan fingerprint density at radius 1 is 1.50 bits per heavy atom. The van der Waals surface area contributed by atoms with Gasteiger partial charge in [-0.2, -0.15) is 0 Å². The van der Waals surface area contributed by atoms with Gasteiger partial charge in [0.1, 0.15) is 0 Å². The Bertz CT molecular complexity index is 339. The molecule has 0 heterocycles. The van der Waals surface area contributed by atoms with Crippen molar-refractivity contribution in [2.45, 2.75) is 12.8 Å². The lowest BCUT2D eigenvalue weighted by Crippen LogP contribution is -2.04. The summed E-state index contributed by atoms with van der Waals surface area (Å²) in [6.07, 6.45) is 0.767. The van der Waals surface area contributed by atoms with E-state index in [1.807, 2.05) is 0 Å². The Morgan fingerprint density at radius 3 is 2.79 bits per heavy atom. The molecule has 14 heavy (non-hydrogen) atoms. The minimum Gasteiger partial charge on any atom is -0.398 e. The Labute approximate surface area is 87.5 Å². The Kier molecular flexibility index (Phi) is 3.92. The second-order valence-electron chi connectivity index (χ2n) is 2.98. The molecule has 0 radical (unpaired) electrons. The third-order valence-corrected chi connectivity index (χ3v) is 2.11. The highest BCUT2D eigenvalue weighted by Crippen LogP contribution is 2.19. The number of aliphatic hydroxyl groups excluding tert-OH is 1. The van der Waals surface area contributed by atoms with Crippen LogP contribution in [0.2, 0.25) is 5.02 Å². The molecule has 4 heteroatoms. The third-order valence-electron chi connectivity index (χ3n) is 1.88. The summed E-state index contributed by atoms with van der Waals surface area (Å²) < 4.78 is 0. The molecule has 0 saturated carbocycles. The van der Waals surface area contributed by atoms with E-state index in [-0.39, 0.29) is 12.4 Å². The normalized spacial score (nSPS) is 10.1. The van der Waals surface area contributed by atoms with Gasteiger partial charge < -0.3 is 10.8 Å². The third kappa shape index (κ3) is 2.72. The second-order valence-corrected chi connectivity index (χ2v) is 3.42. The van der Waals surface area contributed by atoms with Gasteiger partial charge in [-0.1, -0.05) is 11.6 Å². The maximum absolute atomic E-state index is 11.5. The fraction of sp³-hybridized carbons (Fsp3) is 0.300. The van der Waals surface area contributed by atoms with Crippen LogP contribution < -0.4 is 5.73 Å². The number of nitrogen functional groups attached to an aromatic ring is 1. The summed E-state index contributed by atoms with van der Waals surface area (Å²) in [6.45, 7) is 0.0131. The van der Waals surface area contributed by atoms with E-state index in [9.17, 15) is 4.79 Å². The van der Waals surface area contributed by atoms with Crippen molar-refractivity contribution in [3.05, 3.63) is 28.8 Å². The lowest BCUT2D eigenvalue weighted by molar-refractivity contribution is 0.0972. The lowest BCUT2D eigenvalue weighted by Gasteiger charge is -2.04. The zero-order chi connectivity index (χ0) is 10.6. The largest absolute Gasteiger partial charge is 0.398 e. The topological polar surface area (TPSA) is 63.3 Å². The predicted octanol–water partition coefficient (Wildman–Crippen LogP) is 1.88. The minimum absolute atomic E-state index is 0.0131. The van der Waals surface area contributed by atoms with E-state index in [2.05, 4.69) is 0 Å². The molecule has 0 aliphatic carbocycles. The first-order valence-corrected chi connectivity index (χ1v) is 4.72. The van der Waals surface area contributed by atoms with E-state index >= 15 is 0 Å². The van der Waals surface area contributed by atoms with Crippen molar-refractivity contribution < 1.29 is 9.90 Å². The molecule has 1 aromatic carbocycles. The van der Waals surface area contributed by atoms with Crippen molar-refractivity contribution in [3.8, 4) is 0 Å². The second kappa shape index (κ2) is 4.98. The number of aliphatic hydroxyl groups is 1. The summed E-state index contributed by atoms with van der Waals surface area (Å²) in [7, 11) is 0. The first kappa shape index (κ1) is 11.0. The smallest absolute Gasteiger partial charge is 0.165 e. The lowest BCUT2D eigenvalue weighted by atomic mass is 10.1. The first-order chi connectivity index (χ1) is 6.65. The highest BCUT2D eigenvalue weighted by atomic mass is 35.5. The van der Waals surface area contributed by atoms with Crippen molar-refractivity contribution in [1.82, 2.24) is 0 Å². The first-order valence-electron chi connectivity index (χ1n) is 4.34. The molecule has 76 valence electrons. The number of hydrogen-bond acceptors (Lipinski definition) is 3. The fourth-order valence-corrected chi connectivity index (χ4v) is 1.34. The highest BCUT2D eigenvalue weighted by Gasteiger charge is 2.08. The van der Waals surface area contributed by atoms with Gasteiger partial charge in [-0.3, -0.25) is 4.79 Å². The van der Waals surface area contributed by atoms with E-state index < -0.39 is 0 Å². The SMILES string of the molecule is Nc1cc(Cl)ccc1C(=O)CCCO. The fourth-order valence-electron chi connectivity index (χ4n) is 1.16. The molecular weight excluding hydrogens is 202 g/mol. The van der Waals surface area contributed by atoms with Crippen LogP contribution in [0.25, 0.3) is 0 Å². The van der Waals surface area contributed by atoms with Gasteiger partial charge in [0.15, 0.2) is 5.78 Å². The zero-order valence-electron chi connectivity index (χ0n) is 7.66.